The molecular formula is C23H19N3O4S. The van der Waals surface area contributed by atoms with E-state index in [1.54, 1.807) is 66.7 Å². The fraction of sp³-hybridized carbons (Fsp3) is 0.0435. The lowest BCUT2D eigenvalue weighted by Crippen LogP contribution is -2.34. The Morgan fingerprint density at radius 1 is 0.742 bits per heavy atom. The van der Waals surface area contributed by atoms with E-state index in [0.29, 0.717) is 28.1 Å². The van der Waals surface area contributed by atoms with Crippen molar-refractivity contribution in [2.45, 2.75) is 0 Å². The second-order valence-electron chi connectivity index (χ2n) is 6.35. The number of methoxy groups -OCH3 is 1. The van der Waals surface area contributed by atoms with E-state index in [1.807, 2.05) is 12.1 Å². The largest absolute Gasteiger partial charge is 0.453 e. The predicted octanol–water partition coefficient (Wildman–Crippen LogP) is 4.22. The van der Waals surface area contributed by atoms with Crippen LogP contribution in [-0.4, -0.2) is 30.0 Å². The summed E-state index contributed by atoms with van der Waals surface area (Å²) in [5.74, 6) is -0.533. The maximum atomic E-state index is 12.8. The van der Waals surface area contributed by atoms with Gasteiger partial charge >= 0.3 is 6.09 Å². The summed E-state index contributed by atoms with van der Waals surface area (Å²) in [6.45, 7) is 0. The van der Waals surface area contributed by atoms with Crippen LogP contribution in [0.3, 0.4) is 0 Å². The summed E-state index contributed by atoms with van der Waals surface area (Å²) >= 11 is 5.13. The SMILES string of the molecule is COC(=O)NC(=S)Nc1cc(C(=O)c2ccccc2)ccc1NC(=O)c1ccccc1. The Morgan fingerprint density at radius 3 is 1.97 bits per heavy atom. The maximum Gasteiger partial charge on any atom is 0.413 e. The van der Waals surface area contributed by atoms with Crippen LogP contribution < -0.4 is 16.0 Å². The summed E-state index contributed by atoms with van der Waals surface area (Å²) in [5, 5.41) is 7.90. The normalized spacial score (nSPS) is 9.97. The van der Waals surface area contributed by atoms with Gasteiger partial charge in [0, 0.05) is 16.7 Å². The average molecular weight is 433 g/mol. The molecule has 2 amide bonds. The van der Waals surface area contributed by atoms with E-state index in [9.17, 15) is 14.4 Å². The fourth-order valence-corrected chi connectivity index (χ4v) is 2.93. The molecule has 3 rings (SSSR count). The van der Waals surface area contributed by atoms with Crippen LogP contribution in [0.1, 0.15) is 26.3 Å². The lowest BCUT2D eigenvalue weighted by Gasteiger charge is -2.15. The molecule has 0 aliphatic heterocycles. The van der Waals surface area contributed by atoms with E-state index in [2.05, 4.69) is 20.7 Å². The summed E-state index contributed by atoms with van der Waals surface area (Å²) in [4.78, 5) is 36.8. The van der Waals surface area contributed by atoms with Gasteiger partial charge < -0.3 is 15.4 Å². The van der Waals surface area contributed by atoms with Crippen LogP contribution in [0.4, 0.5) is 16.2 Å². The van der Waals surface area contributed by atoms with E-state index in [-0.39, 0.29) is 16.8 Å². The number of ether oxygens (including phenoxy) is 1. The second-order valence-corrected chi connectivity index (χ2v) is 6.75. The summed E-state index contributed by atoms with van der Waals surface area (Å²) in [7, 11) is 1.21. The standard InChI is InChI=1S/C23H19N3O4S/c1-30-23(29)26-22(31)25-19-14-17(20(27)15-8-4-2-5-9-15)12-13-18(19)24-21(28)16-10-6-3-7-11-16/h2-14H,1H3,(H,24,28)(H2,25,26,29,31). The van der Waals surface area contributed by atoms with E-state index >= 15 is 0 Å². The third kappa shape index (κ3) is 5.74. The molecule has 0 spiro atoms. The number of thiocarbonyl (C=S) groups is 1. The summed E-state index contributed by atoms with van der Waals surface area (Å²) in [5.41, 5.74) is 2.09. The molecule has 0 saturated heterocycles. The van der Waals surface area contributed by atoms with E-state index in [4.69, 9.17) is 12.2 Å². The highest BCUT2D eigenvalue weighted by atomic mass is 32.1. The first-order valence-corrected chi connectivity index (χ1v) is 9.65. The Kier molecular flexibility index (Phi) is 7.08. The van der Waals surface area contributed by atoms with Crippen molar-refractivity contribution in [3.63, 3.8) is 0 Å². The minimum absolute atomic E-state index is 0.0497. The van der Waals surface area contributed by atoms with Crippen molar-refractivity contribution in [1.29, 1.82) is 0 Å². The highest BCUT2D eigenvalue weighted by Crippen LogP contribution is 2.25. The van der Waals surface area contributed by atoms with Crippen LogP contribution >= 0.6 is 12.2 Å². The Bertz CT molecular complexity index is 1120. The van der Waals surface area contributed by atoms with Gasteiger partial charge in [-0.25, -0.2) is 4.79 Å². The quantitative estimate of drug-likeness (QED) is 0.412. The van der Waals surface area contributed by atoms with Gasteiger partial charge in [0.25, 0.3) is 5.91 Å². The minimum atomic E-state index is -0.746. The van der Waals surface area contributed by atoms with Crippen LogP contribution in [0.2, 0.25) is 0 Å². The van der Waals surface area contributed by atoms with Gasteiger partial charge in [0.15, 0.2) is 10.9 Å². The molecule has 8 heteroatoms. The number of benzene rings is 3. The van der Waals surface area contributed by atoms with Crippen LogP contribution in [0.15, 0.2) is 78.9 Å². The van der Waals surface area contributed by atoms with Gasteiger partial charge in [-0.1, -0.05) is 48.5 Å². The Labute approximate surface area is 184 Å². The van der Waals surface area contributed by atoms with Gasteiger partial charge in [-0.05, 0) is 42.5 Å². The van der Waals surface area contributed by atoms with Gasteiger partial charge in [0.2, 0.25) is 0 Å². The van der Waals surface area contributed by atoms with Crippen LogP contribution in [0.5, 0.6) is 0 Å². The molecule has 3 N–H and O–H groups in total. The molecular weight excluding hydrogens is 414 g/mol. The van der Waals surface area contributed by atoms with Gasteiger partial charge in [0.05, 0.1) is 18.5 Å². The van der Waals surface area contributed by atoms with Crippen LogP contribution in [0, 0.1) is 0 Å². The number of amides is 2. The number of rotatable bonds is 5. The summed E-state index contributed by atoms with van der Waals surface area (Å²) in [6, 6.07) is 22.2. The molecule has 0 unspecified atom stereocenters. The minimum Gasteiger partial charge on any atom is -0.453 e. The summed E-state index contributed by atoms with van der Waals surface area (Å²) < 4.78 is 4.53. The zero-order valence-corrected chi connectivity index (χ0v) is 17.4. The number of hydrogen-bond donors (Lipinski definition) is 3. The number of ketones is 1. The van der Waals surface area contributed by atoms with Gasteiger partial charge in [0.1, 0.15) is 0 Å². The molecule has 3 aromatic rings. The monoisotopic (exact) mass is 433 g/mol. The van der Waals surface area contributed by atoms with Crippen molar-refractivity contribution in [3.05, 3.63) is 95.6 Å². The van der Waals surface area contributed by atoms with Gasteiger partial charge in [-0.15, -0.1) is 0 Å². The summed E-state index contributed by atoms with van der Waals surface area (Å²) in [6.07, 6.45) is -0.746. The number of anilines is 2. The Hall–Kier alpha value is -4.04. The van der Waals surface area contributed by atoms with Crippen molar-refractivity contribution in [2.24, 2.45) is 0 Å². The molecule has 0 radical (unpaired) electrons. The van der Waals surface area contributed by atoms with Crippen LogP contribution in [-0.2, 0) is 4.74 Å². The zero-order valence-electron chi connectivity index (χ0n) is 16.5. The smallest absolute Gasteiger partial charge is 0.413 e. The molecule has 0 aromatic heterocycles. The highest BCUT2D eigenvalue weighted by Gasteiger charge is 2.15. The number of carbonyl (C=O) groups excluding carboxylic acids is 3. The van der Waals surface area contributed by atoms with Gasteiger partial charge in [-0.3, -0.25) is 14.9 Å². The average Bonchev–Trinajstić information content (AvgIpc) is 2.80. The molecule has 0 heterocycles. The van der Waals surface area contributed by atoms with Crippen molar-refractivity contribution in [1.82, 2.24) is 5.32 Å². The molecule has 0 fully saturated rings. The molecule has 3 aromatic carbocycles. The molecule has 0 bridgehead atoms. The van der Waals surface area contributed by atoms with Crippen LogP contribution in [0.25, 0.3) is 0 Å². The number of alkyl carbamates (subject to hydrolysis) is 1. The number of hydrogen-bond acceptors (Lipinski definition) is 5. The first-order valence-electron chi connectivity index (χ1n) is 9.24. The Balaban J connectivity index is 1.91. The van der Waals surface area contributed by atoms with Crippen molar-refractivity contribution >= 4 is 46.5 Å². The third-order valence-corrected chi connectivity index (χ3v) is 4.46. The van der Waals surface area contributed by atoms with E-state index < -0.39 is 6.09 Å². The van der Waals surface area contributed by atoms with Crippen molar-refractivity contribution in [2.75, 3.05) is 17.7 Å². The highest BCUT2D eigenvalue weighted by molar-refractivity contribution is 7.80. The molecule has 0 saturated carbocycles. The molecule has 0 aliphatic carbocycles. The molecule has 0 atom stereocenters. The number of carbonyl (C=O) groups is 3. The molecule has 0 aliphatic rings. The number of nitrogens with one attached hydrogen (secondary N) is 3. The van der Waals surface area contributed by atoms with E-state index in [0.717, 1.165) is 0 Å². The molecule has 156 valence electrons. The van der Waals surface area contributed by atoms with Crippen molar-refractivity contribution in [3.8, 4) is 0 Å². The fourth-order valence-electron chi connectivity index (χ4n) is 2.74. The van der Waals surface area contributed by atoms with E-state index in [1.165, 1.54) is 7.11 Å². The third-order valence-electron chi connectivity index (χ3n) is 4.25. The second kappa shape index (κ2) is 10.1. The topological polar surface area (TPSA) is 96.5 Å². The first-order chi connectivity index (χ1) is 15.0. The first kappa shape index (κ1) is 21.7. The van der Waals surface area contributed by atoms with Crippen molar-refractivity contribution < 1.29 is 19.1 Å². The maximum absolute atomic E-state index is 12.8. The zero-order chi connectivity index (χ0) is 22.2. The Morgan fingerprint density at radius 2 is 1.35 bits per heavy atom. The predicted molar refractivity (Wildman–Crippen MR) is 122 cm³/mol. The molecule has 31 heavy (non-hydrogen) atoms. The molecule has 7 nitrogen and oxygen atoms in total. The lowest BCUT2D eigenvalue weighted by molar-refractivity contribution is 0.102. The lowest BCUT2D eigenvalue weighted by atomic mass is 10.0. The van der Waals surface area contributed by atoms with Gasteiger partial charge in [-0.2, -0.15) is 0 Å².